The number of hydrogen-bond donors (Lipinski definition) is 0. The van der Waals surface area contributed by atoms with Crippen molar-refractivity contribution in [1.82, 2.24) is 0 Å². The molecule has 3 aromatic carbocycles. The number of nitrogens with zero attached hydrogens (tertiary/aromatic N) is 1. The average Bonchev–Trinajstić information content (AvgIpc) is 3.11. The molecule has 0 radical (unpaired) electrons. The number of thioether (sulfide) groups is 1. The van der Waals surface area contributed by atoms with E-state index in [4.69, 9.17) is 38.0 Å². The second kappa shape index (κ2) is 10.3. The summed E-state index contributed by atoms with van der Waals surface area (Å²) in [5.41, 5.74) is 2.36. The van der Waals surface area contributed by atoms with Crippen molar-refractivity contribution in [2.24, 2.45) is 0 Å². The first-order chi connectivity index (χ1) is 16.0. The molecule has 0 aromatic heterocycles. The molecule has 1 fully saturated rings. The zero-order chi connectivity index (χ0) is 23.4. The Morgan fingerprint density at radius 2 is 1.73 bits per heavy atom. The molecule has 3 aromatic rings. The van der Waals surface area contributed by atoms with Gasteiger partial charge >= 0.3 is 0 Å². The highest BCUT2D eigenvalue weighted by molar-refractivity contribution is 8.27. The van der Waals surface area contributed by atoms with Crippen LogP contribution in [0.4, 0.5) is 5.69 Å². The Bertz CT molecular complexity index is 1230. The van der Waals surface area contributed by atoms with E-state index in [2.05, 4.69) is 0 Å². The summed E-state index contributed by atoms with van der Waals surface area (Å²) in [6.07, 6.45) is 1.81. The number of ether oxygens (including phenoxy) is 3. The van der Waals surface area contributed by atoms with Gasteiger partial charge in [-0.1, -0.05) is 65.9 Å². The topological polar surface area (TPSA) is 48.0 Å². The molecule has 1 saturated heterocycles. The van der Waals surface area contributed by atoms with Crippen molar-refractivity contribution in [3.8, 4) is 17.2 Å². The Balaban J connectivity index is 1.49. The van der Waals surface area contributed by atoms with Crippen molar-refractivity contribution in [3.05, 3.63) is 87.8 Å². The van der Waals surface area contributed by atoms with Crippen LogP contribution in [0.3, 0.4) is 0 Å². The fourth-order valence-electron chi connectivity index (χ4n) is 3.23. The molecule has 0 atom stereocenters. The van der Waals surface area contributed by atoms with Crippen LogP contribution < -0.4 is 19.1 Å². The molecule has 0 aliphatic carbocycles. The first-order valence-electron chi connectivity index (χ1n) is 9.96. The van der Waals surface area contributed by atoms with E-state index in [9.17, 15) is 4.79 Å². The van der Waals surface area contributed by atoms with Gasteiger partial charge in [-0.2, -0.15) is 0 Å². The number of carbonyl (C=O) groups excluding carboxylic acids is 1. The average molecular weight is 498 g/mol. The van der Waals surface area contributed by atoms with Crippen molar-refractivity contribution in [2.45, 2.75) is 6.61 Å². The largest absolute Gasteiger partial charge is 0.497 e. The molecule has 8 heteroatoms. The maximum Gasteiger partial charge on any atom is 0.270 e. The molecule has 0 bridgehead atoms. The van der Waals surface area contributed by atoms with Gasteiger partial charge in [0.2, 0.25) is 0 Å². The summed E-state index contributed by atoms with van der Waals surface area (Å²) in [4.78, 5) is 15.1. The van der Waals surface area contributed by atoms with Crippen molar-refractivity contribution in [1.29, 1.82) is 0 Å². The van der Waals surface area contributed by atoms with Crippen molar-refractivity contribution in [3.63, 3.8) is 0 Å². The molecular formula is C25H20ClNO4S2. The van der Waals surface area contributed by atoms with Crippen LogP contribution in [-0.4, -0.2) is 24.4 Å². The summed E-state index contributed by atoms with van der Waals surface area (Å²) < 4.78 is 16.9. The summed E-state index contributed by atoms with van der Waals surface area (Å²) in [7, 11) is 3.12. The predicted octanol–water partition coefficient (Wildman–Crippen LogP) is 6.34. The van der Waals surface area contributed by atoms with Crippen LogP contribution in [0.25, 0.3) is 6.08 Å². The minimum absolute atomic E-state index is 0.201. The zero-order valence-corrected chi connectivity index (χ0v) is 20.3. The molecule has 0 N–H and O–H groups in total. The minimum Gasteiger partial charge on any atom is -0.497 e. The fraction of sp³-hybridized carbons (Fsp3) is 0.120. The van der Waals surface area contributed by atoms with Crippen LogP contribution in [-0.2, 0) is 11.4 Å². The highest BCUT2D eigenvalue weighted by atomic mass is 35.5. The number of rotatable bonds is 7. The molecule has 1 amide bonds. The predicted molar refractivity (Wildman–Crippen MR) is 137 cm³/mol. The number of benzene rings is 3. The van der Waals surface area contributed by atoms with Crippen LogP contribution in [0.2, 0.25) is 5.02 Å². The third kappa shape index (κ3) is 5.16. The summed E-state index contributed by atoms with van der Waals surface area (Å²) >= 11 is 12.9. The van der Waals surface area contributed by atoms with Gasteiger partial charge in [-0.3, -0.25) is 9.69 Å². The monoisotopic (exact) mass is 497 g/mol. The van der Waals surface area contributed by atoms with E-state index >= 15 is 0 Å². The second-order valence-corrected chi connectivity index (χ2v) is 9.09. The van der Waals surface area contributed by atoms with Crippen LogP contribution in [0.1, 0.15) is 11.1 Å². The van der Waals surface area contributed by atoms with E-state index in [1.54, 1.807) is 32.4 Å². The number of thiocarbonyl (C=S) groups is 1. The SMILES string of the molecule is COc1ccc(N2C(=O)/C(=C/c3ccc(OCc4ccccc4Cl)cc3)SC2=S)c(OC)c1. The Morgan fingerprint density at radius 3 is 2.42 bits per heavy atom. The quantitative estimate of drug-likeness (QED) is 0.280. The molecule has 0 unspecified atom stereocenters. The number of hydrogen-bond acceptors (Lipinski definition) is 6. The molecule has 1 aliphatic rings. The van der Waals surface area contributed by atoms with Gasteiger partial charge in [0.15, 0.2) is 4.32 Å². The molecule has 5 nitrogen and oxygen atoms in total. The summed E-state index contributed by atoms with van der Waals surface area (Å²) in [5, 5.41) is 0.671. The first kappa shape index (κ1) is 23.2. The number of methoxy groups -OCH3 is 2. The van der Waals surface area contributed by atoms with Crippen LogP contribution in [0.5, 0.6) is 17.2 Å². The first-order valence-corrected chi connectivity index (χ1v) is 11.6. The second-order valence-electron chi connectivity index (χ2n) is 7.00. The lowest BCUT2D eigenvalue weighted by Gasteiger charge is -2.18. The van der Waals surface area contributed by atoms with Gasteiger partial charge in [-0.15, -0.1) is 0 Å². The van der Waals surface area contributed by atoms with Crippen LogP contribution >= 0.6 is 35.6 Å². The Kier molecular flexibility index (Phi) is 7.23. The van der Waals surface area contributed by atoms with Crippen molar-refractivity contribution < 1.29 is 19.0 Å². The Morgan fingerprint density at radius 1 is 1.00 bits per heavy atom. The van der Waals surface area contributed by atoms with Gasteiger partial charge in [-0.25, -0.2) is 0 Å². The maximum absolute atomic E-state index is 13.1. The van der Waals surface area contributed by atoms with E-state index in [1.165, 1.54) is 16.7 Å². The van der Waals surface area contributed by atoms with E-state index < -0.39 is 0 Å². The van der Waals surface area contributed by atoms with Crippen molar-refractivity contribution >= 4 is 57.6 Å². The van der Waals surface area contributed by atoms with Gasteiger partial charge in [0.05, 0.1) is 24.8 Å². The molecule has 168 valence electrons. The van der Waals surface area contributed by atoms with Crippen molar-refractivity contribution in [2.75, 3.05) is 19.1 Å². The van der Waals surface area contributed by atoms with E-state index in [-0.39, 0.29) is 5.91 Å². The summed E-state index contributed by atoms with van der Waals surface area (Å²) in [6, 6.07) is 20.3. The van der Waals surface area contributed by atoms with E-state index in [1.807, 2.05) is 54.6 Å². The Hall–Kier alpha value is -3.00. The Labute approximate surface area is 206 Å². The zero-order valence-electron chi connectivity index (χ0n) is 17.9. The molecule has 4 rings (SSSR count). The molecule has 33 heavy (non-hydrogen) atoms. The third-order valence-electron chi connectivity index (χ3n) is 4.95. The van der Waals surface area contributed by atoms with Gasteiger partial charge in [-0.05, 0) is 42.0 Å². The third-order valence-corrected chi connectivity index (χ3v) is 6.62. The number of carbonyl (C=O) groups is 1. The number of halogens is 1. The highest BCUT2D eigenvalue weighted by Gasteiger charge is 2.35. The summed E-state index contributed by atoms with van der Waals surface area (Å²) in [6.45, 7) is 0.376. The molecular weight excluding hydrogens is 478 g/mol. The standard InChI is InChI=1S/C25H20ClNO4S2/c1-29-19-11-12-21(22(14-19)30-2)27-24(28)23(33-25(27)32)13-16-7-9-18(10-8-16)31-15-17-5-3-4-6-20(17)26/h3-14H,15H2,1-2H3/b23-13-. The number of amides is 1. The fourth-order valence-corrected chi connectivity index (χ4v) is 4.71. The van der Waals surface area contributed by atoms with Gasteiger partial charge in [0.1, 0.15) is 23.9 Å². The van der Waals surface area contributed by atoms with E-state index in [0.717, 1.165) is 11.1 Å². The molecule has 1 aliphatic heterocycles. The molecule has 0 spiro atoms. The van der Waals surface area contributed by atoms with Gasteiger partial charge in [0, 0.05) is 16.7 Å². The van der Waals surface area contributed by atoms with Gasteiger partial charge < -0.3 is 14.2 Å². The lowest BCUT2D eigenvalue weighted by Crippen LogP contribution is -2.27. The lowest BCUT2D eigenvalue weighted by molar-refractivity contribution is -0.113. The van der Waals surface area contributed by atoms with Crippen LogP contribution in [0, 0.1) is 0 Å². The van der Waals surface area contributed by atoms with Crippen LogP contribution in [0.15, 0.2) is 71.6 Å². The highest BCUT2D eigenvalue weighted by Crippen LogP contribution is 2.41. The molecule has 0 saturated carbocycles. The normalized spacial score (nSPS) is 14.6. The lowest BCUT2D eigenvalue weighted by atomic mass is 10.2. The molecule has 1 heterocycles. The summed E-state index contributed by atoms with van der Waals surface area (Å²) in [5.74, 6) is 1.65. The number of anilines is 1. The van der Waals surface area contributed by atoms with Gasteiger partial charge in [0.25, 0.3) is 5.91 Å². The minimum atomic E-state index is -0.201. The van der Waals surface area contributed by atoms with E-state index in [0.29, 0.717) is 43.8 Å². The maximum atomic E-state index is 13.1. The smallest absolute Gasteiger partial charge is 0.270 e.